The molecule has 22 heavy (non-hydrogen) atoms. The van der Waals surface area contributed by atoms with Crippen molar-refractivity contribution in [3.8, 4) is 12.5 Å². The van der Waals surface area contributed by atoms with E-state index in [-0.39, 0.29) is 0 Å². The van der Waals surface area contributed by atoms with E-state index in [0.717, 1.165) is 17.9 Å². The molecular weight excluding hydrogens is 276 g/mol. The minimum atomic E-state index is -0.520. The first kappa shape index (κ1) is 15.5. The lowest BCUT2D eigenvalue weighted by Crippen LogP contribution is -2.28. The van der Waals surface area contributed by atoms with Crippen LogP contribution in [0, 0.1) is 12.5 Å². The molecule has 4 heteroatoms. The summed E-state index contributed by atoms with van der Waals surface area (Å²) in [4.78, 5) is 13.7. The number of terminal acetylenes is 1. The molecule has 2 rings (SSSR count). The van der Waals surface area contributed by atoms with Gasteiger partial charge in [-0.1, -0.05) is 24.6 Å². The molecule has 0 unspecified atom stereocenters. The molecule has 0 spiro atoms. The number of nitrogens with zero attached hydrogens (tertiary/aromatic N) is 1. The Bertz CT molecular complexity index is 645. The Labute approximate surface area is 130 Å². The van der Waals surface area contributed by atoms with Crippen LogP contribution in [0.25, 0.3) is 0 Å². The molecule has 0 saturated carbocycles. The summed E-state index contributed by atoms with van der Waals surface area (Å²) >= 11 is 0. The zero-order chi connectivity index (χ0) is 15.8. The molecule has 0 bridgehead atoms. The normalized spacial score (nSPS) is 9.64. The summed E-state index contributed by atoms with van der Waals surface area (Å²) in [6, 6.07) is 17.2. The summed E-state index contributed by atoms with van der Waals surface area (Å²) < 4.78 is 4.50. The van der Waals surface area contributed by atoms with Crippen LogP contribution in [-0.2, 0) is 4.74 Å². The number of esters is 1. The number of hydrogen-bond donors (Lipinski definition) is 1. The smallest absolute Gasteiger partial charge is 0.352 e. The van der Waals surface area contributed by atoms with Gasteiger partial charge in [0.15, 0.2) is 0 Å². The van der Waals surface area contributed by atoms with Crippen LogP contribution in [0.2, 0.25) is 0 Å². The van der Waals surface area contributed by atoms with Gasteiger partial charge in [0.1, 0.15) is 6.11 Å². The standard InChI is InChI=1S/C18H18N2O2/c1-3-20(17-8-6-5-7-9-17)14-19-16-12-10-15(11-13-16)18(21)22-4-2/h2,5-13,19H,3,14H2,1H3. The summed E-state index contributed by atoms with van der Waals surface area (Å²) in [5.41, 5.74) is 2.51. The second-order valence-electron chi connectivity index (χ2n) is 4.61. The summed E-state index contributed by atoms with van der Waals surface area (Å²) in [6.45, 7) is 3.67. The van der Waals surface area contributed by atoms with E-state index in [9.17, 15) is 4.79 Å². The molecule has 1 N–H and O–H groups in total. The zero-order valence-electron chi connectivity index (χ0n) is 12.5. The Morgan fingerprint density at radius 3 is 2.45 bits per heavy atom. The van der Waals surface area contributed by atoms with Crippen molar-refractivity contribution in [3.63, 3.8) is 0 Å². The van der Waals surface area contributed by atoms with Crippen molar-refractivity contribution >= 4 is 17.3 Å². The first-order chi connectivity index (χ1) is 10.7. The number of hydrogen-bond acceptors (Lipinski definition) is 4. The Balaban J connectivity index is 1.96. The zero-order valence-corrected chi connectivity index (χ0v) is 12.5. The third-order valence-corrected chi connectivity index (χ3v) is 3.25. The third kappa shape index (κ3) is 4.03. The van der Waals surface area contributed by atoms with Gasteiger partial charge in [-0.2, -0.15) is 0 Å². The number of carbonyl (C=O) groups excluding carboxylic acids is 1. The average Bonchev–Trinajstić information content (AvgIpc) is 2.57. The van der Waals surface area contributed by atoms with Gasteiger partial charge in [0.25, 0.3) is 0 Å². The maximum absolute atomic E-state index is 11.5. The number of carbonyl (C=O) groups is 1. The van der Waals surface area contributed by atoms with Crippen LogP contribution in [-0.4, -0.2) is 19.2 Å². The fourth-order valence-corrected chi connectivity index (χ4v) is 2.05. The van der Waals surface area contributed by atoms with Crippen LogP contribution in [0.4, 0.5) is 11.4 Å². The number of benzene rings is 2. The minimum Gasteiger partial charge on any atom is -0.369 e. The highest BCUT2D eigenvalue weighted by atomic mass is 16.5. The van der Waals surface area contributed by atoms with Crippen LogP contribution in [0.1, 0.15) is 17.3 Å². The summed E-state index contributed by atoms with van der Waals surface area (Å²) in [5.74, 6) is -0.520. The number of anilines is 2. The molecule has 0 aliphatic carbocycles. The van der Waals surface area contributed by atoms with Gasteiger partial charge in [0.2, 0.25) is 0 Å². The van der Waals surface area contributed by atoms with Gasteiger partial charge in [-0.15, -0.1) is 0 Å². The van der Waals surface area contributed by atoms with Gasteiger partial charge in [0, 0.05) is 17.9 Å². The Morgan fingerprint density at radius 1 is 1.18 bits per heavy atom. The molecule has 0 radical (unpaired) electrons. The maximum atomic E-state index is 11.5. The summed E-state index contributed by atoms with van der Waals surface area (Å²) in [6.07, 6.45) is 6.81. The van der Waals surface area contributed by atoms with E-state index in [1.807, 2.05) is 36.4 Å². The Hall–Kier alpha value is -2.93. The molecule has 0 aliphatic rings. The summed E-state index contributed by atoms with van der Waals surface area (Å²) in [5, 5.41) is 3.33. The maximum Gasteiger partial charge on any atom is 0.352 e. The van der Waals surface area contributed by atoms with Crippen LogP contribution in [0.15, 0.2) is 54.6 Å². The molecule has 0 aliphatic heterocycles. The quantitative estimate of drug-likeness (QED) is 0.504. The van der Waals surface area contributed by atoms with Crippen molar-refractivity contribution in [3.05, 3.63) is 60.2 Å². The largest absolute Gasteiger partial charge is 0.369 e. The van der Waals surface area contributed by atoms with Crippen LogP contribution in [0.3, 0.4) is 0 Å². The topological polar surface area (TPSA) is 41.6 Å². The molecular formula is C18H18N2O2. The minimum absolute atomic E-state index is 0.430. The van der Waals surface area contributed by atoms with E-state index < -0.39 is 5.97 Å². The number of nitrogens with one attached hydrogen (secondary N) is 1. The molecule has 0 saturated heterocycles. The van der Waals surface area contributed by atoms with Gasteiger partial charge in [-0.25, -0.2) is 4.79 Å². The molecule has 0 amide bonds. The first-order valence-electron chi connectivity index (χ1n) is 7.05. The number of para-hydroxylation sites is 1. The van der Waals surface area contributed by atoms with E-state index in [1.165, 1.54) is 0 Å². The van der Waals surface area contributed by atoms with Crippen molar-refractivity contribution in [1.82, 2.24) is 0 Å². The molecule has 112 valence electrons. The van der Waals surface area contributed by atoms with Crippen molar-refractivity contribution in [2.75, 3.05) is 23.4 Å². The van der Waals surface area contributed by atoms with E-state index >= 15 is 0 Å². The van der Waals surface area contributed by atoms with E-state index in [2.05, 4.69) is 34.0 Å². The molecule has 0 aromatic heterocycles. The van der Waals surface area contributed by atoms with E-state index in [4.69, 9.17) is 6.42 Å². The highest BCUT2D eigenvalue weighted by molar-refractivity contribution is 5.90. The SMILES string of the molecule is C#COC(=O)c1ccc(NCN(CC)c2ccccc2)cc1. The first-order valence-corrected chi connectivity index (χ1v) is 7.05. The second kappa shape index (κ2) is 7.75. The van der Waals surface area contributed by atoms with Gasteiger partial charge in [-0.05, 0) is 43.3 Å². The van der Waals surface area contributed by atoms with Crippen LogP contribution >= 0.6 is 0 Å². The van der Waals surface area contributed by atoms with Crippen LogP contribution in [0.5, 0.6) is 0 Å². The van der Waals surface area contributed by atoms with Gasteiger partial charge >= 0.3 is 5.97 Å². The lowest BCUT2D eigenvalue weighted by Gasteiger charge is -2.24. The number of ether oxygens (including phenoxy) is 1. The average molecular weight is 294 g/mol. The van der Waals surface area contributed by atoms with Crippen molar-refractivity contribution in [1.29, 1.82) is 0 Å². The van der Waals surface area contributed by atoms with E-state index in [1.54, 1.807) is 12.1 Å². The molecule has 4 nitrogen and oxygen atoms in total. The molecule has 0 atom stereocenters. The van der Waals surface area contributed by atoms with Crippen LogP contribution < -0.4 is 10.2 Å². The lowest BCUT2D eigenvalue weighted by molar-refractivity contribution is 0.0691. The van der Waals surface area contributed by atoms with Gasteiger partial charge < -0.3 is 15.0 Å². The lowest BCUT2D eigenvalue weighted by atomic mass is 10.2. The van der Waals surface area contributed by atoms with Gasteiger partial charge in [0.05, 0.1) is 12.2 Å². The van der Waals surface area contributed by atoms with Crippen molar-refractivity contribution < 1.29 is 9.53 Å². The van der Waals surface area contributed by atoms with Crippen molar-refractivity contribution in [2.45, 2.75) is 6.92 Å². The molecule has 2 aromatic carbocycles. The fourth-order valence-electron chi connectivity index (χ4n) is 2.05. The fraction of sp³-hybridized carbons (Fsp3) is 0.167. The predicted molar refractivity (Wildman–Crippen MR) is 88.6 cm³/mol. The predicted octanol–water partition coefficient (Wildman–Crippen LogP) is 3.33. The Kier molecular flexibility index (Phi) is 5.44. The highest BCUT2D eigenvalue weighted by Gasteiger charge is 2.06. The molecule has 0 heterocycles. The monoisotopic (exact) mass is 294 g/mol. The highest BCUT2D eigenvalue weighted by Crippen LogP contribution is 2.14. The summed E-state index contributed by atoms with van der Waals surface area (Å²) in [7, 11) is 0. The second-order valence-corrected chi connectivity index (χ2v) is 4.61. The third-order valence-electron chi connectivity index (χ3n) is 3.25. The molecule has 0 fully saturated rings. The number of rotatable bonds is 6. The Morgan fingerprint density at radius 2 is 1.86 bits per heavy atom. The van der Waals surface area contributed by atoms with Gasteiger partial charge in [-0.3, -0.25) is 0 Å². The van der Waals surface area contributed by atoms with E-state index in [0.29, 0.717) is 12.2 Å². The molecule has 2 aromatic rings. The van der Waals surface area contributed by atoms with Crippen molar-refractivity contribution in [2.24, 2.45) is 0 Å².